The molecule has 90 valence electrons. The molecule has 0 radical (unpaired) electrons. The number of halogens is 1. The van der Waals surface area contributed by atoms with E-state index in [1.807, 2.05) is 25.2 Å². The van der Waals surface area contributed by atoms with Crippen molar-refractivity contribution in [2.45, 2.75) is 13.2 Å². The Kier molecular flexibility index (Phi) is 4.59. The number of hydrogen-bond donors (Lipinski definition) is 1. The van der Waals surface area contributed by atoms with Crippen LogP contribution in [-0.2, 0) is 13.2 Å². The van der Waals surface area contributed by atoms with Crippen LogP contribution in [0, 0.1) is 0 Å². The molecule has 1 N–H and O–H groups in total. The Morgan fingerprint density at radius 3 is 2.94 bits per heavy atom. The van der Waals surface area contributed by atoms with Crippen LogP contribution in [0.4, 0.5) is 0 Å². The van der Waals surface area contributed by atoms with Crippen molar-refractivity contribution in [2.24, 2.45) is 0 Å². The molecular formula is C13H14BrNOS. The lowest BCUT2D eigenvalue weighted by Crippen LogP contribution is -2.07. The summed E-state index contributed by atoms with van der Waals surface area (Å²) in [7, 11) is 1.93. The summed E-state index contributed by atoms with van der Waals surface area (Å²) >= 11 is 5.19. The van der Waals surface area contributed by atoms with Gasteiger partial charge in [-0.2, -0.15) is 0 Å². The summed E-state index contributed by atoms with van der Waals surface area (Å²) in [5.74, 6) is 0.941. The lowest BCUT2D eigenvalue weighted by atomic mass is 10.2. The Hall–Kier alpha value is -0.840. The summed E-state index contributed by atoms with van der Waals surface area (Å²) in [5.41, 5.74) is 1.17. The number of thiophene rings is 1. The number of nitrogens with one attached hydrogen (secondary N) is 1. The van der Waals surface area contributed by atoms with Crippen molar-refractivity contribution in [1.29, 1.82) is 0 Å². The first-order chi connectivity index (χ1) is 8.29. The van der Waals surface area contributed by atoms with Gasteiger partial charge in [-0.05, 0) is 36.7 Å². The van der Waals surface area contributed by atoms with Gasteiger partial charge in [0.1, 0.15) is 12.4 Å². The minimum Gasteiger partial charge on any atom is -0.488 e. The van der Waals surface area contributed by atoms with Crippen molar-refractivity contribution >= 4 is 27.3 Å². The first-order valence-electron chi connectivity index (χ1n) is 5.38. The van der Waals surface area contributed by atoms with Gasteiger partial charge in [-0.25, -0.2) is 0 Å². The highest BCUT2D eigenvalue weighted by Crippen LogP contribution is 2.24. The van der Waals surface area contributed by atoms with Crippen LogP contribution >= 0.6 is 27.3 Å². The highest BCUT2D eigenvalue weighted by Gasteiger charge is 2.04. The standard InChI is InChI=1S/C13H14BrNOS/c1-15-8-10-7-11(14)4-5-13(10)16-9-12-3-2-6-17-12/h2-7,15H,8-9H2,1H3. The minimum absolute atomic E-state index is 0.635. The topological polar surface area (TPSA) is 21.3 Å². The SMILES string of the molecule is CNCc1cc(Br)ccc1OCc1cccs1. The summed E-state index contributed by atoms with van der Waals surface area (Å²) in [4.78, 5) is 1.24. The molecule has 0 atom stereocenters. The van der Waals surface area contributed by atoms with E-state index in [1.54, 1.807) is 11.3 Å². The van der Waals surface area contributed by atoms with E-state index in [0.29, 0.717) is 6.61 Å². The molecule has 0 spiro atoms. The zero-order chi connectivity index (χ0) is 12.1. The Morgan fingerprint density at radius 1 is 1.35 bits per heavy atom. The normalized spacial score (nSPS) is 10.5. The minimum atomic E-state index is 0.635. The maximum absolute atomic E-state index is 5.84. The molecule has 0 amide bonds. The Labute approximate surface area is 114 Å². The predicted octanol–water partition coefficient (Wildman–Crippen LogP) is 3.81. The highest BCUT2D eigenvalue weighted by atomic mass is 79.9. The summed E-state index contributed by atoms with van der Waals surface area (Å²) in [6.45, 7) is 1.44. The van der Waals surface area contributed by atoms with Crippen LogP contribution in [0.1, 0.15) is 10.4 Å². The van der Waals surface area contributed by atoms with Crippen LogP contribution in [0.5, 0.6) is 5.75 Å². The third-order valence-electron chi connectivity index (χ3n) is 2.34. The van der Waals surface area contributed by atoms with Crippen LogP contribution in [0.3, 0.4) is 0 Å². The van der Waals surface area contributed by atoms with Crippen molar-refractivity contribution < 1.29 is 4.74 Å². The molecule has 1 aromatic heterocycles. The summed E-state index contributed by atoms with van der Waals surface area (Å²) in [6.07, 6.45) is 0. The maximum Gasteiger partial charge on any atom is 0.124 e. The van der Waals surface area contributed by atoms with Crippen LogP contribution in [0.25, 0.3) is 0 Å². The third kappa shape index (κ3) is 3.56. The van der Waals surface area contributed by atoms with Crippen LogP contribution < -0.4 is 10.1 Å². The average molecular weight is 312 g/mol. The largest absolute Gasteiger partial charge is 0.488 e. The maximum atomic E-state index is 5.84. The smallest absolute Gasteiger partial charge is 0.124 e. The molecule has 2 rings (SSSR count). The fourth-order valence-electron chi connectivity index (χ4n) is 1.56. The van der Waals surface area contributed by atoms with Gasteiger partial charge in [0.2, 0.25) is 0 Å². The van der Waals surface area contributed by atoms with Gasteiger partial charge in [0.05, 0.1) is 0 Å². The molecule has 4 heteroatoms. The molecule has 0 aliphatic carbocycles. The molecule has 0 saturated heterocycles. The molecule has 1 heterocycles. The Balaban J connectivity index is 2.08. The van der Waals surface area contributed by atoms with Gasteiger partial charge < -0.3 is 10.1 Å². The third-order valence-corrected chi connectivity index (χ3v) is 3.68. The Bertz CT molecular complexity index is 470. The van der Waals surface area contributed by atoms with Gasteiger partial charge >= 0.3 is 0 Å². The second-order valence-corrected chi connectivity index (χ2v) is 5.60. The van der Waals surface area contributed by atoms with E-state index in [2.05, 4.69) is 38.8 Å². The van der Waals surface area contributed by atoms with Crippen molar-refractivity contribution in [3.05, 3.63) is 50.6 Å². The molecule has 2 nitrogen and oxygen atoms in total. The van der Waals surface area contributed by atoms with E-state index in [-0.39, 0.29) is 0 Å². The Morgan fingerprint density at radius 2 is 2.24 bits per heavy atom. The first-order valence-corrected chi connectivity index (χ1v) is 7.05. The number of rotatable bonds is 5. The van der Waals surface area contributed by atoms with E-state index < -0.39 is 0 Å². The second kappa shape index (κ2) is 6.19. The van der Waals surface area contributed by atoms with Crippen LogP contribution in [0.2, 0.25) is 0 Å². The van der Waals surface area contributed by atoms with Crippen molar-refractivity contribution in [1.82, 2.24) is 5.32 Å². The fraction of sp³-hybridized carbons (Fsp3) is 0.231. The lowest BCUT2D eigenvalue weighted by Gasteiger charge is -2.11. The summed E-state index contributed by atoms with van der Waals surface area (Å²) < 4.78 is 6.91. The van der Waals surface area contributed by atoms with E-state index in [0.717, 1.165) is 16.8 Å². The molecule has 0 fully saturated rings. The van der Waals surface area contributed by atoms with Gasteiger partial charge in [0.25, 0.3) is 0 Å². The zero-order valence-electron chi connectivity index (χ0n) is 9.57. The fourth-order valence-corrected chi connectivity index (χ4v) is 2.59. The number of hydrogen-bond acceptors (Lipinski definition) is 3. The van der Waals surface area contributed by atoms with Gasteiger partial charge in [-0.1, -0.05) is 22.0 Å². The van der Waals surface area contributed by atoms with Gasteiger partial charge in [0.15, 0.2) is 0 Å². The quantitative estimate of drug-likeness (QED) is 0.906. The van der Waals surface area contributed by atoms with Crippen molar-refractivity contribution in [3.8, 4) is 5.75 Å². The van der Waals surface area contributed by atoms with Crippen LogP contribution in [-0.4, -0.2) is 7.05 Å². The molecule has 0 saturated carbocycles. The van der Waals surface area contributed by atoms with E-state index >= 15 is 0 Å². The highest BCUT2D eigenvalue weighted by molar-refractivity contribution is 9.10. The van der Waals surface area contributed by atoms with Crippen molar-refractivity contribution in [3.63, 3.8) is 0 Å². The first kappa shape index (κ1) is 12.6. The molecule has 0 bridgehead atoms. The molecule has 0 aliphatic rings. The number of benzene rings is 1. The van der Waals surface area contributed by atoms with Gasteiger partial charge in [0, 0.05) is 21.5 Å². The van der Waals surface area contributed by atoms with Crippen LogP contribution in [0.15, 0.2) is 40.2 Å². The molecule has 17 heavy (non-hydrogen) atoms. The lowest BCUT2D eigenvalue weighted by molar-refractivity contribution is 0.306. The van der Waals surface area contributed by atoms with E-state index in [1.165, 1.54) is 10.4 Å². The molecule has 0 aliphatic heterocycles. The molecular weight excluding hydrogens is 298 g/mol. The number of ether oxygens (including phenoxy) is 1. The van der Waals surface area contributed by atoms with E-state index in [4.69, 9.17) is 4.74 Å². The average Bonchev–Trinajstić information content (AvgIpc) is 2.81. The summed E-state index contributed by atoms with van der Waals surface area (Å²) in [5, 5.41) is 5.21. The summed E-state index contributed by atoms with van der Waals surface area (Å²) in [6, 6.07) is 10.2. The van der Waals surface area contributed by atoms with E-state index in [9.17, 15) is 0 Å². The second-order valence-electron chi connectivity index (χ2n) is 3.65. The van der Waals surface area contributed by atoms with Gasteiger partial charge in [-0.3, -0.25) is 0 Å². The molecule has 0 unspecified atom stereocenters. The molecule has 2 aromatic rings. The molecule has 1 aromatic carbocycles. The van der Waals surface area contributed by atoms with Crippen molar-refractivity contribution in [2.75, 3.05) is 7.05 Å². The van der Waals surface area contributed by atoms with Gasteiger partial charge in [-0.15, -0.1) is 11.3 Å². The predicted molar refractivity (Wildman–Crippen MR) is 75.6 cm³/mol. The monoisotopic (exact) mass is 311 g/mol. The zero-order valence-corrected chi connectivity index (χ0v) is 12.0.